The van der Waals surface area contributed by atoms with E-state index >= 15 is 0 Å². The minimum absolute atomic E-state index is 0.271. The maximum absolute atomic E-state index is 12.1. The molecule has 3 aromatic carbocycles. The third-order valence-electron chi connectivity index (χ3n) is 4.44. The molecule has 3 aromatic rings. The van der Waals surface area contributed by atoms with Crippen LogP contribution in [0.1, 0.15) is 28.7 Å². The fourth-order valence-electron chi connectivity index (χ4n) is 2.79. The fraction of sp³-hybridized carbons (Fsp3) is 0.120. The van der Waals surface area contributed by atoms with Gasteiger partial charge in [0.2, 0.25) is 0 Å². The van der Waals surface area contributed by atoms with E-state index in [0.717, 1.165) is 16.7 Å². The molecule has 0 aliphatic heterocycles. The van der Waals surface area contributed by atoms with Crippen molar-refractivity contribution >= 4 is 29.2 Å². The molecule has 0 fully saturated rings. The van der Waals surface area contributed by atoms with E-state index in [2.05, 4.69) is 6.07 Å². The second-order valence-corrected chi connectivity index (χ2v) is 7.14. The number of nitriles is 1. The van der Waals surface area contributed by atoms with Crippen molar-refractivity contribution in [3.63, 3.8) is 0 Å². The van der Waals surface area contributed by atoms with Crippen molar-refractivity contribution in [3.05, 3.63) is 100 Å². The molecule has 0 bridgehead atoms. The Balaban J connectivity index is 1.60. The summed E-state index contributed by atoms with van der Waals surface area (Å²) in [5.74, 6) is 0.216. The van der Waals surface area contributed by atoms with E-state index in [0.29, 0.717) is 29.2 Å². The van der Waals surface area contributed by atoms with Crippen molar-refractivity contribution in [1.29, 1.82) is 5.26 Å². The first-order valence-electron chi connectivity index (χ1n) is 9.27. The zero-order valence-corrected chi connectivity index (χ0v) is 16.8. The van der Waals surface area contributed by atoms with E-state index < -0.39 is 0 Å². The van der Waals surface area contributed by atoms with Crippen LogP contribution in [0.2, 0.25) is 5.02 Å². The SMILES string of the molecule is Cc1ccc(CCC(=O)Oc2ccc(/C=C(/C#N)c3ccc(Cl)cc3)cc2)cc1. The maximum atomic E-state index is 12.1. The molecule has 0 heterocycles. The first-order chi connectivity index (χ1) is 14.0. The van der Waals surface area contributed by atoms with Crippen molar-refractivity contribution < 1.29 is 9.53 Å². The number of rotatable bonds is 6. The molecule has 0 radical (unpaired) electrons. The van der Waals surface area contributed by atoms with Crippen LogP contribution in [0.25, 0.3) is 11.6 Å². The Labute approximate surface area is 175 Å². The van der Waals surface area contributed by atoms with Crippen LogP contribution in [0.15, 0.2) is 72.8 Å². The summed E-state index contributed by atoms with van der Waals surface area (Å²) in [6, 6.07) is 24.5. The molecule has 0 spiro atoms. The van der Waals surface area contributed by atoms with Crippen LogP contribution in [0.3, 0.4) is 0 Å². The fourth-order valence-corrected chi connectivity index (χ4v) is 2.92. The summed E-state index contributed by atoms with van der Waals surface area (Å²) in [7, 11) is 0. The second-order valence-electron chi connectivity index (χ2n) is 6.71. The van der Waals surface area contributed by atoms with Crippen LogP contribution in [0.5, 0.6) is 5.75 Å². The molecule has 144 valence electrons. The van der Waals surface area contributed by atoms with Crippen LogP contribution >= 0.6 is 11.6 Å². The first kappa shape index (κ1) is 20.4. The number of hydrogen-bond donors (Lipinski definition) is 0. The van der Waals surface area contributed by atoms with Crippen LogP contribution in [-0.4, -0.2) is 5.97 Å². The number of benzene rings is 3. The lowest BCUT2D eigenvalue weighted by Crippen LogP contribution is -2.09. The topological polar surface area (TPSA) is 50.1 Å². The number of halogens is 1. The Morgan fingerprint density at radius 1 is 1.00 bits per heavy atom. The van der Waals surface area contributed by atoms with E-state index in [1.54, 1.807) is 30.3 Å². The maximum Gasteiger partial charge on any atom is 0.311 e. The zero-order chi connectivity index (χ0) is 20.6. The highest BCUT2D eigenvalue weighted by Crippen LogP contribution is 2.21. The Kier molecular flexibility index (Phi) is 6.84. The van der Waals surface area contributed by atoms with Gasteiger partial charge in [0.15, 0.2) is 0 Å². The van der Waals surface area contributed by atoms with Crippen molar-refractivity contribution in [1.82, 2.24) is 0 Å². The molecular weight excluding hydrogens is 382 g/mol. The third kappa shape index (κ3) is 6.07. The number of aryl methyl sites for hydroxylation is 2. The molecule has 3 rings (SSSR count). The first-order valence-corrected chi connectivity index (χ1v) is 9.65. The Bertz CT molecular complexity index is 1040. The number of carbonyl (C=O) groups is 1. The van der Waals surface area contributed by atoms with Gasteiger partial charge >= 0.3 is 5.97 Å². The number of allylic oxidation sites excluding steroid dienone is 1. The smallest absolute Gasteiger partial charge is 0.311 e. The molecule has 0 amide bonds. The molecule has 0 aromatic heterocycles. The van der Waals surface area contributed by atoms with Gasteiger partial charge in [-0.1, -0.05) is 65.7 Å². The number of esters is 1. The van der Waals surface area contributed by atoms with Gasteiger partial charge in [-0.3, -0.25) is 4.79 Å². The molecular formula is C25H20ClNO2. The average molecular weight is 402 g/mol. The van der Waals surface area contributed by atoms with Crippen LogP contribution < -0.4 is 4.74 Å². The minimum atomic E-state index is -0.271. The van der Waals surface area contributed by atoms with Gasteiger partial charge in [0.25, 0.3) is 0 Å². The van der Waals surface area contributed by atoms with Gasteiger partial charge in [-0.05, 0) is 60.4 Å². The monoisotopic (exact) mass is 401 g/mol. The highest BCUT2D eigenvalue weighted by atomic mass is 35.5. The lowest BCUT2D eigenvalue weighted by Gasteiger charge is -2.06. The quantitative estimate of drug-likeness (QED) is 0.212. The van der Waals surface area contributed by atoms with Crippen molar-refractivity contribution in [3.8, 4) is 11.8 Å². The summed E-state index contributed by atoms with van der Waals surface area (Å²) in [6.07, 6.45) is 2.75. The van der Waals surface area contributed by atoms with Crippen LogP contribution in [0, 0.1) is 18.3 Å². The van der Waals surface area contributed by atoms with Crippen molar-refractivity contribution in [2.24, 2.45) is 0 Å². The number of ether oxygens (including phenoxy) is 1. The van der Waals surface area contributed by atoms with Crippen LogP contribution in [0.4, 0.5) is 0 Å². The molecule has 0 aliphatic carbocycles. The lowest BCUT2D eigenvalue weighted by atomic mass is 10.0. The van der Waals surface area contributed by atoms with Gasteiger partial charge in [-0.2, -0.15) is 5.26 Å². The predicted molar refractivity (Wildman–Crippen MR) is 117 cm³/mol. The summed E-state index contributed by atoms with van der Waals surface area (Å²) in [4.78, 5) is 12.1. The summed E-state index contributed by atoms with van der Waals surface area (Å²) < 4.78 is 5.40. The van der Waals surface area contributed by atoms with Crippen molar-refractivity contribution in [2.75, 3.05) is 0 Å². The van der Waals surface area contributed by atoms with Gasteiger partial charge in [-0.15, -0.1) is 0 Å². The van der Waals surface area contributed by atoms with Gasteiger partial charge in [0.05, 0.1) is 11.6 Å². The van der Waals surface area contributed by atoms with Crippen molar-refractivity contribution in [2.45, 2.75) is 19.8 Å². The molecule has 0 aliphatic rings. The lowest BCUT2D eigenvalue weighted by molar-refractivity contribution is -0.134. The van der Waals surface area contributed by atoms with Crippen LogP contribution in [-0.2, 0) is 11.2 Å². The Morgan fingerprint density at radius 3 is 2.28 bits per heavy atom. The van der Waals surface area contributed by atoms with Gasteiger partial charge in [-0.25, -0.2) is 0 Å². The highest BCUT2D eigenvalue weighted by Gasteiger charge is 2.06. The molecule has 0 unspecified atom stereocenters. The Morgan fingerprint density at radius 2 is 1.66 bits per heavy atom. The molecule has 0 atom stereocenters. The number of hydrogen-bond acceptors (Lipinski definition) is 3. The summed E-state index contributed by atoms with van der Waals surface area (Å²) >= 11 is 5.90. The van der Waals surface area contributed by atoms with E-state index in [-0.39, 0.29) is 5.97 Å². The second kappa shape index (κ2) is 9.73. The highest BCUT2D eigenvalue weighted by molar-refractivity contribution is 6.30. The minimum Gasteiger partial charge on any atom is -0.427 e. The summed E-state index contributed by atoms with van der Waals surface area (Å²) in [5, 5.41) is 10.1. The van der Waals surface area contributed by atoms with E-state index in [4.69, 9.17) is 16.3 Å². The summed E-state index contributed by atoms with van der Waals surface area (Å²) in [6.45, 7) is 2.03. The molecule has 29 heavy (non-hydrogen) atoms. The third-order valence-corrected chi connectivity index (χ3v) is 4.69. The standard InChI is InChI=1S/C25H20ClNO2/c1-18-2-4-19(5-3-18)8-15-25(28)29-24-13-6-20(7-14-24)16-22(17-27)21-9-11-23(26)12-10-21/h2-7,9-14,16H,8,15H2,1H3/b22-16-. The zero-order valence-electron chi connectivity index (χ0n) is 16.1. The van der Waals surface area contributed by atoms with Gasteiger partial charge < -0.3 is 4.74 Å². The molecule has 4 heteroatoms. The average Bonchev–Trinajstić information content (AvgIpc) is 2.73. The molecule has 3 nitrogen and oxygen atoms in total. The van der Waals surface area contributed by atoms with Gasteiger partial charge in [0.1, 0.15) is 5.75 Å². The molecule has 0 N–H and O–H groups in total. The number of nitrogens with zero attached hydrogens (tertiary/aromatic N) is 1. The van der Waals surface area contributed by atoms with E-state index in [1.165, 1.54) is 5.56 Å². The molecule has 0 saturated carbocycles. The molecule has 0 saturated heterocycles. The number of carbonyl (C=O) groups excluding carboxylic acids is 1. The predicted octanol–water partition coefficient (Wildman–Crippen LogP) is 6.25. The normalized spacial score (nSPS) is 11.0. The summed E-state index contributed by atoms with van der Waals surface area (Å²) in [5.41, 5.74) is 4.48. The largest absolute Gasteiger partial charge is 0.427 e. The van der Waals surface area contributed by atoms with E-state index in [1.807, 2.05) is 55.5 Å². The van der Waals surface area contributed by atoms with Gasteiger partial charge in [0, 0.05) is 11.4 Å². The van der Waals surface area contributed by atoms with E-state index in [9.17, 15) is 10.1 Å². The Hall–Kier alpha value is -3.35.